The van der Waals surface area contributed by atoms with E-state index in [1.165, 1.54) is 0 Å². The summed E-state index contributed by atoms with van der Waals surface area (Å²) >= 11 is 0. The molecule has 0 aliphatic heterocycles. The summed E-state index contributed by atoms with van der Waals surface area (Å²) in [7, 11) is 0. The second-order valence-corrected chi connectivity index (χ2v) is 15.8. The molecular formula is C51H24F30O15. The van der Waals surface area contributed by atoms with E-state index in [2.05, 4.69) is 42.6 Å². The van der Waals surface area contributed by atoms with Gasteiger partial charge in [-0.15, -0.1) is 39.5 Å². The van der Waals surface area contributed by atoms with E-state index >= 15 is 0 Å². The number of ether oxygens (including phenoxy) is 9. The number of hydrogen-bond donors (Lipinski definition) is 0. The Kier molecular flexibility index (Phi) is 30.0. The van der Waals surface area contributed by atoms with E-state index in [1.54, 1.807) is 0 Å². The van der Waals surface area contributed by atoms with Crippen LogP contribution >= 0.6 is 0 Å². The minimum atomic E-state index is -5.36. The number of benzene rings is 6. The molecule has 6 aromatic rings. The Balaban J connectivity index is 0.000000579. The number of hydrogen-bond acceptors (Lipinski definition) is 15. The van der Waals surface area contributed by atoms with Crippen LogP contribution in [-0.4, -0.2) is 93.5 Å². The van der Waals surface area contributed by atoms with E-state index in [-0.39, 0.29) is 36.1 Å². The van der Waals surface area contributed by atoms with Gasteiger partial charge in [-0.25, -0.2) is 39.5 Å². The monoisotopic (exact) mass is 1450 g/mol. The van der Waals surface area contributed by atoms with Gasteiger partial charge >= 0.3 is 55.7 Å². The minimum absolute atomic E-state index is 0.0154. The molecular weight excluding hydrogens is 1420 g/mol. The fourth-order valence-corrected chi connectivity index (χ4v) is 4.99. The third-order valence-electron chi connectivity index (χ3n) is 8.38. The van der Waals surface area contributed by atoms with Crippen LogP contribution in [0.15, 0.2) is 109 Å². The topological polar surface area (TPSA) is 185 Å². The molecule has 0 atom stereocenters. The highest BCUT2D eigenvalue weighted by Crippen LogP contribution is 2.35. The fraction of sp³-hybridized carbons (Fsp3) is 0.176. The van der Waals surface area contributed by atoms with Crippen LogP contribution in [0.3, 0.4) is 0 Å². The van der Waals surface area contributed by atoms with Crippen molar-refractivity contribution >= 4 is 37.7 Å². The molecule has 0 aliphatic carbocycles. The predicted molar refractivity (Wildman–Crippen MR) is 248 cm³/mol. The standard InChI is InChI=1S/C9H3F7O3.C9H4F6O3.C9H5F5O3.C8H3F5O2.C8H4F4O2.C8H5F3O2/c10-5-1-4(18-8(12,13)3-17)2-6(11)7(5)19-9(14,15)16;10-6-3-5(17-8(11,12)4-16)1-2-7(6)18-9(13,14)15;10-8(11,5-15)16-6-1-3-7(4-2-6)17-9(12,13)14;9-5-1-4(2-6(10)7(5)11)15-8(12,13)3-14;9-6-2-1-5(3-7(6)10)14-8(11,12)4-13;9-6-1-3-7(4-2-6)13-8(10,11)5-12/h1-3H;1-4H;1-5H;1-3H;1-4H;1-5H. The summed E-state index contributed by atoms with van der Waals surface area (Å²) in [4.78, 5) is 58.7. The summed E-state index contributed by atoms with van der Waals surface area (Å²) in [6.45, 7) is 0. The molecule has 15 nitrogen and oxygen atoms in total. The third-order valence-corrected chi connectivity index (χ3v) is 8.38. The number of rotatable bonds is 21. The van der Waals surface area contributed by atoms with Crippen LogP contribution in [0.2, 0.25) is 0 Å². The Morgan fingerprint density at radius 3 is 0.781 bits per heavy atom. The average Bonchev–Trinajstić information content (AvgIpc) is 0.865. The van der Waals surface area contributed by atoms with E-state index in [0.29, 0.717) is 24.3 Å². The van der Waals surface area contributed by atoms with Crippen LogP contribution in [-0.2, 0) is 28.8 Å². The van der Waals surface area contributed by atoms with Crippen molar-refractivity contribution in [2.24, 2.45) is 0 Å². The first-order chi connectivity index (χ1) is 43.7. The van der Waals surface area contributed by atoms with Gasteiger partial charge in [-0.1, -0.05) is 0 Å². The molecule has 96 heavy (non-hydrogen) atoms. The van der Waals surface area contributed by atoms with Gasteiger partial charge in [0.2, 0.25) is 43.5 Å². The highest BCUT2D eigenvalue weighted by Gasteiger charge is 2.39. The maximum Gasteiger partial charge on any atom is 0.573 e. The van der Waals surface area contributed by atoms with Gasteiger partial charge in [0.1, 0.15) is 46.1 Å². The first-order valence-corrected chi connectivity index (χ1v) is 22.9. The molecule has 0 amide bonds. The molecule has 0 aromatic heterocycles. The summed E-state index contributed by atoms with van der Waals surface area (Å²) in [6, 6.07) is 10.7. The van der Waals surface area contributed by atoms with Gasteiger partial charge in [-0.2, -0.15) is 52.7 Å². The molecule has 0 bridgehead atoms. The van der Waals surface area contributed by atoms with E-state index < -0.39 is 192 Å². The summed E-state index contributed by atoms with van der Waals surface area (Å²) in [5.41, 5.74) is 0. The van der Waals surface area contributed by atoms with E-state index in [1.807, 2.05) is 0 Å². The smallest absolute Gasteiger partial charge is 0.427 e. The van der Waals surface area contributed by atoms with Crippen molar-refractivity contribution in [3.05, 3.63) is 162 Å². The van der Waals surface area contributed by atoms with Crippen molar-refractivity contribution in [3.8, 4) is 51.7 Å². The zero-order valence-corrected chi connectivity index (χ0v) is 44.8. The molecule has 528 valence electrons. The van der Waals surface area contributed by atoms with Crippen LogP contribution < -0.4 is 42.6 Å². The van der Waals surface area contributed by atoms with Crippen molar-refractivity contribution in [1.82, 2.24) is 0 Å². The molecule has 0 spiro atoms. The molecule has 0 saturated heterocycles. The van der Waals surface area contributed by atoms with Crippen molar-refractivity contribution in [2.75, 3.05) is 0 Å². The van der Waals surface area contributed by atoms with Crippen molar-refractivity contribution in [2.45, 2.75) is 55.7 Å². The zero-order valence-electron chi connectivity index (χ0n) is 44.8. The second-order valence-electron chi connectivity index (χ2n) is 15.8. The molecule has 0 radical (unpaired) electrons. The zero-order chi connectivity index (χ0) is 74.2. The van der Waals surface area contributed by atoms with Gasteiger partial charge in [0.05, 0.1) is 0 Å². The second kappa shape index (κ2) is 34.6. The van der Waals surface area contributed by atoms with Crippen LogP contribution in [0.4, 0.5) is 132 Å². The van der Waals surface area contributed by atoms with Crippen molar-refractivity contribution < 1.29 is 203 Å². The third kappa shape index (κ3) is 33.3. The Morgan fingerprint density at radius 1 is 0.229 bits per heavy atom. The SMILES string of the molecule is O=CC(F)(F)Oc1cc(F)c(F)c(F)c1.O=CC(F)(F)Oc1cc(F)c(OC(F)(F)F)c(F)c1.O=CC(F)(F)Oc1ccc(F)c(F)c1.O=CC(F)(F)Oc1ccc(F)cc1.O=CC(F)(F)Oc1ccc(OC(F)(F)F)c(F)c1.O=CC(F)(F)Oc1ccc(OC(F)(F)F)cc1. The molecule has 0 saturated carbocycles. The Labute approximate surface area is 509 Å². The Bertz CT molecular complexity index is 3480. The Morgan fingerprint density at radius 2 is 0.479 bits per heavy atom. The lowest BCUT2D eigenvalue weighted by molar-refractivity contribution is -0.277. The first-order valence-electron chi connectivity index (χ1n) is 22.9. The summed E-state index contributed by atoms with van der Waals surface area (Å²) < 4.78 is 400. The van der Waals surface area contributed by atoms with E-state index in [9.17, 15) is 160 Å². The molecule has 0 heterocycles. The maximum atomic E-state index is 13.0. The Hall–Kier alpha value is -10.6. The van der Waals surface area contributed by atoms with Crippen molar-refractivity contribution in [1.29, 1.82) is 0 Å². The van der Waals surface area contributed by atoms with Crippen molar-refractivity contribution in [3.63, 3.8) is 0 Å². The lowest BCUT2D eigenvalue weighted by atomic mass is 10.3. The lowest BCUT2D eigenvalue weighted by Crippen LogP contribution is -2.26. The minimum Gasteiger partial charge on any atom is -0.427 e. The number of aldehydes is 6. The van der Waals surface area contributed by atoms with Crippen LogP contribution in [0.25, 0.3) is 0 Å². The first kappa shape index (κ1) is 83.5. The quantitative estimate of drug-likeness (QED) is 0.0376. The van der Waals surface area contributed by atoms with E-state index in [0.717, 1.165) is 54.6 Å². The molecule has 6 rings (SSSR count). The predicted octanol–water partition coefficient (Wildman–Crippen LogP) is 15.1. The summed E-state index contributed by atoms with van der Waals surface area (Å²) in [5, 5.41) is 0. The lowest BCUT2D eigenvalue weighted by Gasteiger charge is -2.14. The van der Waals surface area contributed by atoms with Gasteiger partial charge in [-0.05, 0) is 72.8 Å². The molecule has 45 heteroatoms. The molecule has 0 aliphatic rings. The number of alkyl halides is 21. The summed E-state index contributed by atoms with van der Waals surface area (Å²) in [6.07, 6.45) is -44.8. The van der Waals surface area contributed by atoms with Gasteiger partial charge in [0, 0.05) is 36.4 Å². The molecule has 0 fully saturated rings. The largest absolute Gasteiger partial charge is 0.573 e. The number of halogens is 30. The molecule has 0 N–H and O–H groups in total. The number of carbonyl (C=O) groups is 6. The number of carbonyl (C=O) groups excluding carboxylic acids is 6. The fourth-order valence-electron chi connectivity index (χ4n) is 4.99. The van der Waals surface area contributed by atoms with Crippen LogP contribution in [0, 0.1) is 52.4 Å². The van der Waals surface area contributed by atoms with Gasteiger partial charge in [0.25, 0.3) is 0 Å². The average molecular weight is 1450 g/mol. The highest BCUT2D eigenvalue weighted by atomic mass is 19.4. The highest BCUT2D eigenvalue weighted by molar-refractivity contribution is 5.60. The normalized spacial score (nSPS) is 11.7. The van der Waals surface area contributed by atoms with Gasteiger partial charge in [0.15, 0.2) is 52.3 Å². The molecule has 6 aromatic carbocycles. The summed E-state index contributed by atoms with van der Waals surface area (Å²) in [5.74, 6) is -21.6. The van der Waals surface area contributed by atoms with Crippen LogP contribution in [0.1, 0.15) is 0 Å². The maximum absolute atomic E-state index is 13.0. The van der Waals surface area contributed by atoms with Crippen LogP contribution in [0.5, 0.6) is 51.7 Å². The van der Waals surface area contributed by atoms with Gasteiger partial charge in [-0.3, -0.25) is 28.8 Å². The molecule has 0 unspecified atom stereocenters. The van der Waals surface area contributed by atoms with Gasteiger partial charge < -0.3 is 42.6 Å². The van der Waals surface area contributed by atoms with E-state index in [4.69, 9.17) is 0 Å².